The predicted octanol–water partition coefficient (Wildman–Crippen LogP) is -0.374. The van der Waals surface area contributed by atoms with E-state index in [4.69, 9.17) is 10.9 Å². The van der Waals surface area contributed by atoms with E-state index >= 15 is 0 Å². The van der Waals surface area contributed by atoms with Crippen LogP contribution in [0.4, 0.5) is 0 Å². The summed E-state index contributed by atoms with van der Waals surface area (Å²) in [7, 11) is -3.74. The van der Waals surface area contributed by atoms with Crippen molar-refractivity contribution in [3.05, 3.63) is 12.0 Å². The molecule has 4 N–H and O–H groups in total. The van der Waals surface area contributed by atoms with E-state index < -0.39 is 10.0 Å². The van der Waals surface area contributed by atoms with Crippen molar-refractivity contribution in [2.24, 2.45) is 10.9 Å². The molecule has 9 heteroatoms. The van der Waals surface area contributed by atoms with E-state index in [9.17, 15) is 8.42 Å². The van der Waals surface area contributed by atoms with Gasteiger partial charge in [-0.2, -0.15) is 0 Å². The molecule has 0 bridgehead atoms. The third kappa shape index (κ3) is 3.44. The van der Waals surface area contributed by atoms with Crippen molar-refractivity contribution in [3.8, 4) is 0 Å². The quantitative estimate of drug-likeness (QED) is 0.283. The maximum atomic E-state index is 11.8. The monoisotopic (exact) mass is 275 g/mol. The van der Waals surface area contributed by atoms with Gasteiger partial charge in [0.25, 0.3) is 10.0 Å². The highest BCUT2D eigenvalue weighted by Gasteiger charge is 2.19. The van der Waals surface area contributed by atoms with E-state index in [0.29, 0.717) is 12.4 Å². The van der Waals surface area contributed by atoms with Crippen molar-refractivity contribution < 1.29 is 13.6 Å². The number of imidazole rings is 1. The van der Waals surface area contributed by atoms with Gasteiger partial charge < -0.3 is 15.5 Å². The van der Waals surface area contributed by atoms with Crippen LogP contribution in [0.2, 0.25) is 0 Å². The molecule has 8 nitrogen and oxygen atoms in total. The lowest BCUT2D eigenvalue weighted by Gasteiger charge is -2.02. The molecular weight excluding hydrogens is 258 g/mol. The van der Waals surface area contributed by atoms with Crippen LogP contribution in [-0.2, 0) is 16.6 Å². The smallest absolute Gasteiger partial charge is 0.260 e. The minimum atomic E-state index is -3.74. The van der Waals surface area contributed by atoms with Crippen LogP contribution in [0.5, 0.6) is 0 Å². The molecule has 18 heavy (non-hydrogen) atoms. The van der Waals surface area contributed by atoms with Gasteiger partial charge in [0.05, 0.1) is 6.54 Å². The molecule has 0 aromatic carbocycles. The van der Waals surface area contributed by atoms with E-state index in [2.05, 4.69) is 14.9 Å². The second-order valence-corrected chi connectivity index (χ2v) is 5.45. The van der Waals surface area contributed by atoms with E-state index in [1.807, 2.05) is 6.92 Å². The lowest BCUT2D eigenvalue weighted by Crippen LogP contribution is -2.33. The molecule has 0 saturated heterocycles. The van der Waals surface area contributed by atoms with Crippen molar-refractivity contribution in [1.29, 1.82) is 0 Å². The third-order valence-corrected chi connectivity index (χ3v) is 3.54. The molecule has 0 aliphatic heterocycles. The topological polar surface area (TPSA) is 123 Å². The zero-order valence-electron chi connectivity index (χ0n) is 10.3. The first-order chi connectivity index (χ1) is 8.40. The van der Waals surface area contributed by atoms with Gasteiger partial charge in [0.15, 0.2) is 10.9 Å². The molecule has 1 rings (SSSR count). The first-order valence-corrected chi connectivity index (χ1v) is 6.89. The van der Waals surface area contributed by atoms with Gasteiger partial charge in [0.2, 0.25) is 0 Å². The van der Waals surface area contributed by atoms with E-state index in [-0.39, 0.29) is 17.4 Å². The Morgan fingerprint density at radius 3 is 2.89 bits per heavy atom. The summed E-state index contributed by atoms with van der Waals surface area (Å²) in [6.45, 7) is 4.16. The molecule has 0 spiro atoms. The zero-order valence-corrected chi connectivity index (χ0v) is 11.1. The predicted molar refractivity (Wildman–Crippen MR) is 65.9 cm³/mol. The first-order valence-electron chi connectivity index (χ1n) is 5.40. The van der Waals surface area contributed by atoms with Crippen molar-refractivity contribution in [1.82, 2.24) is 14.3 Å². The standard InChI is InChI=1S/C9H17N5O3S/c1-3-4-14-6-9(12-7(14)2)18(16,17)11-5-8(10)13-15/h6,11,15H,3-5H2,1-2H3,(H2,10,13). The molecule has 0 saturated carbocycles. The van der Waals surface area contributed by atoms with Crippen molar-refractivity contribution in [3.63, 3.8) is 0 Å². The maximum absolute atomic E-state index is 11.8. The van der Waals surface area contributed by atoms with Gasteiger partial charge >= 0.3 is 0 Å². The summed E-state index contributed by atoms with van der Waals surface area (Å²) in [4.78, 5) is 3.97. The van der Waals surface area contributed by atoms with Gasteiger partial charge in [-0.05, 0) is 13.3 Å². The Morgan fingerprint density at radius 1 is 1.67 bits per heavy atom. The number of aromatic nitrogens is 2. The summed E-state index contributed by atoms with van der Waals surface area (Å²) in [6.07, 6.45) is 2.35. The second-order valence-electron chi connectivity index (χ2n) is 3.74. The minimum Gasteiger partial charge on any atom is -0.409 e. The van der Waals surface area contributed by atoms with E-state index in [1.165, 1.54) is 6.20 Å². The molecular formula is C9H17N5O3S. The Morgan fingerprint density at radius 2 is 2.33 bits per heavy atom. The zero-order chi connectivity index (χ0) is 13.8. The molecule has 0 fully saturated rings. The van der Waals surface area contributed by atoms with Gasteiger partial charge in [-0.3, -0.25) is 0 Å². The van der Waals surface area contributed by atoms with Crippen molar-refractivity contribution in [2.75, 3.05) is 6.54 Å². The van der Waals surface area contributed by atoms with Crippen LogP contribution in [0, 0.1) is 6.92 Å². The van der Waals surface area contributed by atoms with Crippen molar-refractivity contribution in [2.45, 2.75) is 31.8 Å². The third-order valence-electron chi connectivity index (χ3n) is 2.27. The highest BCUT2D eigenvalue weighted by Crippen LogP contribution is 2.09. The number of rotatable bonds is 6. The second kappa shape index (κ2) is 5.83. The average molecular weight is 275 g/mol. The Balaban J connectivity index is 2.88. The number of nitrogens with two attached hydrogens (primary N) is 1. The lowest BCUT2D eigenvalue weighted by molar-refractivity contribution is 0.317. The summed E-state index contributed by atoms with van der Waals surface area (Å²) in [5.74, 6) is 0.407. The molecule has 0 amide bonds. The van der Waals surface area contributed by atoms with Gasteiger partial charge in [-0.25, -0.2) is 18.1 Å². The Kier molecular flexibility index (Phi) is 4.68. The molecule has 1 aromatic rings. The normalized spacial score (nSPS) is 12.9. The summed E-state index contributed by atoms with van der Waals surface area (Å²) in [5.41, 5.74) is 5.19. The first kappa shape index (κ1) is 14.5. The number of hydrogen-bond acceptors (Lipinski definition) is 5. The molecule has 1 heterocycles. The lowest BCUT2D eigenvalue weighted by atomic mass is 10.5. The molecule has 0 atom stereocenters. The largest absolute Gasteiger partial charge is 0.409 e. The fraction of sp³-hybridized carbons (Fsp3) is 0.556. The molecule has 0 radical (unpaired) electrons. The number of oxime groups is 1. The average Bonchev–Trinajstić information content (AvgIpc) is 2.69. The Labute approximate surface area is 106 Å². The van der Waals surface area contributed by atoms with Gasteiger partial charge in [-0.15, -0.1) is 0 Å². The molecule has 0 unspecified atom stereocenters. The van der Waals surface area contributed by atoms with E-state index in [1.54, 1.807) is 11.5 Å². The number of amidine groups is 1. The fourth-order valence-electron chi connectivity index (χ4n) is 1.35. The summed E-state index contributed by atoms with van der Waals surface area (Å²) in [5, 5.41) is 10.9. The Bertz CT molecular complexity index is 534. The summed E-state index contributed by atoms with van der Waals surface area (Å²) >= 11 is 0. The van der Waals surface area contributed by atoms with Crippen LogP contribution in [0.1, 0.15) is 19.2 Å². The number of aryl methyl sites for hydroxylation is 2. The molecule has 1 aromatic heterocycles. The van der Waals surface area contributed by atoms with Crippen LogP contribution in [0.25, 0.3) is 0 Å². The molecule has 102 valence electrons. The van der Waals surface area contributed by atoms with E-state index in [0.717, 1.165) is 6.42 Å². The fourth-order valence-corrected chi connectivity index (χ4v) is 2.36. The Hall–Kier alpha value is -1.61. The van der Waals surface area contributed by atoms with Crippen LogP contribution in [-0.4, -0.2) is 35.6 Å². The highest BCUT2D eigenvalue weighted by atomic mass is 32.2. The molecule has 0 aliphatic carbocycles. The maximum Gasteiger partial charge on any atom is 0.260 e. The number of sulfonamides is 1. The van der Waals surface area contributed by atoms with Crippen LogP contribution in [0.15, 0.2) is 16.4 Å². The van der Waals surface area contributed by atoms with Crippen LogP contribution >= 0.6 is 0 Å². The van der Waals surface area contributed by atoms with Gasteiger partial charge in [0.1, 0.15) is 5.82 Å². The number of nitrogens with one attached hydrogen (secondary N) is 1. The molecule has 0 aliphatic rings. The highest BCUT2D eigenvalue weighted by molar-refractivity contribution is 7.89. The van der Waals surface area contributed by atoms with Crippen LogP contribution in [0.3, 0.4) is 0 Å². The van der Waals surface area contributed by atoms with Gasteiger partial charge in [-0.1, -0.05) is 12.1 Å². The summed E-state index contributed by atoms with van der Waals surface area (Å²) in [6, 6.07) is 0. The number of nitrogens with zero attached hydrogens (tertiary/aromatic N) is 3. The SMILES string of the molecule is CCCn1cc(S(=O)(=O)NCC(N)=NO)nc1C. The number of hydrogen-bond donors (Lipinski definition) is 3. The van der Waals surface area contributed by atoms with Crippen molar-refractivity contribution >= 4 is 15.9 Å². The van der Waals surface area contributed by atoms with Crippen LogP contribution < -0.4 is 10.5 Å². The summed E-state index contributed by atoms with van der Waals surface area (Å²) < 4.78 is 27.6. The van der Waals surface area contributed by atoms with Gasteiger partial charge in [0, 0.05) is 12.7 Å². The minimum absolute atomic E-state index is 0.0702.